The molecule has 20 heteroatoms. The van der Waals surface area contributed by atoms with Crippen LogP contribution in [0.5, 0.6) is 0 Å². The van der Waals surface area contributed by atoms with Crippen molar-refractivity contribution in [2.24, 2.45) is 10.3 Å². The van der Waals surface area contributed by atoms with E-state index in [-0.39, 0.29) is 47.1 Å². The second-order valence-corrected chi connectivity index (χ2v) is 21.9. The van der Waals surface area contributed by atoms with E-state index in [1.165, 1.54) is 52.2 Å². The van der Waals surface area contributed by atoms with E-state index in [9.17, 15) is 23.9 Å². The van der Waals surface area contributed by atoms with Gasteiger partial charge in [0.1, 0.15) is 22.9 Å². The summed E-state index contributed by atoms with van der Waals surface area (Å²) >= 11 is 0. The minimum atomic E-state index is -2.75. The van der Waals surface area contributed by atoms with Crippen LogP contribution in [0.3, 0.4) is 0 Å². The van der Waals surface area contributed by atoms with Gasteiger partial charge < -0.3 is 14.2 Å². The second-order valence-electron chi connectivity index (χ2n) is 19.4. The number of rotatable bonds is 9. The lowest BCUT2D eigenvalue weighted by molar-refractivity contribution is -0.384. The highest BCUT2D eigenvalue weighted by Gasteiger charge is 2.59. The summed E-state index contributed by atoms with van der Waals surface area (Å²) in [7, 11) is -2.75. The lowest BCUT2D eigenvalue weighted by Crippen LogP contribution is -2.41. The number of ether oxygens (including phenoxy) is 1. The van der Waals surface area contributed by atoms with Crippen LogP contribution in [0.15, 0.2) is 85.5 Å². The van der Waals surface area contributed by atoms with Crippen LogP contribution in [0.25, 0.3) is 28.1 Å². The van der Waals surface area contributed by atoms with Crippen molar-refractivity contribution in [3.8, 4) is 17.2 Å². The number of nitro benzene ring substituents is 1. The maximum Gasteiger partial charge on any atom is 0.438 e. The van der Waals surface area contributed by atoms with Gasteiger partial charge in [-0.1, -0.05) is 18.1 Å². The highest BCUT2D eigenvalue weighted by molar-refractivity contribution is 7.92. The first-order chi connectivity index (χ1) is 32.2. The summed E-state index contributed by atoms with van der Waals surface area (Å²) in [6.45, 7) is 12.3. The Balaban J connectivity index is 1.12. The van der Waals surface area contributed by atoms with Crippen LogP contribution in [0.4, 0.5) is 15.8 Å². The molecule has 0 radical (unpaired) electrons. The van der Waals surface area contributed by atoms with Crippen molar-refractivity contribution >= 4 is 37.9 Å². The molecule has 6 heterocycles. The van der Waals surface area contributed by atoms with Crippen molar-refractivity contribution in [1.29, 1.82) is 0 Å². The fourth-order valence-electron chi connectivity index (χ4n) is 10.6. The Kier molecular flexibility index (Phi) is 10.4. The quantitative estimate of drug-likeness (QED) is 0.110. The molecule has 0 spiro atoms. The molecule has 10 rings (SSSR count). The van der Waals surface area contributed by atoms with Crippen molar-refractivity contribution in [3.63, 3.8) is 0 Å². The molecular formula is C48H51FN10O8S. The summed E-state index contributed by atoms with van der Waals surface area (Å²) < 4.78 is 49.0. The molecule has 7 aromatic rings. The first-order valence-electron chi connectivity index (χ1n) is 22.5. The third-order valence-corrected chi connectivity index (χ3v) is 14.5. The van der Waals surface area contributed by atoms with Crippen LogP contribution in [-0.2, 0) is 26.4 Å². The average Bonchev–Trinajstić information content (AvgIpc) is 3.77. The predicted octanol–water partition coefficient (Wildman–Crippen LogP) is 7.68. The van der Waals surface area contributed by atoms with Crippen molar-refractivity contribution in [3.05, 3.63) is 143 Å². The molecule has 0 bridgehead atoms. The first kappa shape index (κ1) is 44.9. The van der Waals surface area contributed by atoms with Crippen LogP contribution in [-0.4, -0.2) is 84.8 Å². The molecule has 354 valence electrons. The minimum Gasteiger partial charge on any atom is -0.376 e. The van der Waals surface area contributed by atoms with E-state index in [4.69, 9.17) is 14.4 Å². The number of aromatic amines is 1. The molecule has 1 saturated carbocycles. The molecule has 18 nitrogen and oxygen atoms in total. The Morgan fingerprint density at radius 1 is 1.00 bits per heavy atom. The molecule has 68 heavy (non-hydrogen) atoms. The van der Waals surface area contributed by atoms with E-state index in [1.807, 2.05) is 30.5 Å². The normalized spacial score (nSPS) is 21.2. The van der Waals surface area contributed by atoms with Crippen molar-refractivity contribution < 1.29 is 27.6 Å². The van der Waals surface area contributed by atoms with Gasteiger partial charge in [0.15, 0.2) is 11.5 Å². The second kappa shape index (κ2) is 15.8. The fourth-order valence-corrected chi connectivity index (χ4v) is 11.2. The maximum absolute atomic E-state index is 15.6. The van der Waals surface area contributed by atoms with Gasteiger partial charge in [-0.3, -0.25) is 33.6 Å². The number of hydrogen-bond donors (Lipinski definition) is 1. The van der Waals surface area contributed by atoms with E-state index < -0.39 is 43.4 Å². The number of imidazole rings is 1. The molecule has 0 unspecified atom stereocenters. The maximum atomic E-state index is 15.6. The summed E-state index contributed by atoms with van der Waals surface area (Å²) in [6, 6.07) is 14.9. The number of aromatic nitrogens is 7. The van der Waals surface area contributed by atoms with Crippen LogP contribution in [0.2, 0.25) is 0 Å². The topological polar surface area (TPSA) is 211 Å². The third kappa shape index (κ3) is 7.40. The number of amides is 1. The number of aryl methyl sites for hydroxylation is 2. The van der Waals surface area contributed by atoms with Gasteiger partial charge in [0.25, 0.3) is 11.6 Å². The lowest BCUT2D eigenvalue weighted by Gasteiger charge is -2.35. The summed E-state index contributed by atoms with van der Waals surface area (Å²) in [5.41, 5.74) is 2.59. The van der Waals surface area contributed by atoms with Crippen LogP contribution >= 0.6 is 0 Å². The molecule has 3 aliphatic rings. The first-order valence-corrected chi connectivity index (χ1v) is 24.8. The fraction of sp³-hybridized carbons (Fsp3) is 0.396. The van der Waals surface area contributed by atoms with Gasteiger partial charge in [0, 0.05) is 76.7 Å². The Labute approximate surface area is 389 Å². The molecule has 1 aliphatic carbocycles. The zero-order valence-electron chi connectivity index (χ0n) is 38.9. The van der Waals surface area contributed by atoms with E-state index in [1.54, 1.807) is 35.6 Å². The molecule has 1 amide bonds. The number of nitrogens with one attached hydrogen (secondary N) is 1. The van der Waals surface area contributed by atoms with Gasteiger partial charge >= 0.3 is 11.4 Å². The molecule has 2 aliphatic heterocycles. The van der Waals surface area contributed by atoms with Crippen LogP contribution in [0, 0.1) is 35.7 Å². The van der Waals surface area contributed by atoms with E-state index in [0.29, 0.717) is 64.9 Å². The Morgan fingerprint density at radius 3 is 2.37 bits per heavy atom. The largest absolute Gasteiger partial charge is 0.438 e. The average molecular weight is 947 g/mol. The zero-order chi connectivity index (χ0) is 48.4. The van der Waals surface area contributed by atoms with Crippen molar-refractivity contribution in [2.75, 3.05) is 25.7 Å². The summed E-state index contributed by atoms with van der Waals surface area (Å²) in [4.78, 5) is 58.8. The Bertz CT molecular complexity index is 3480. The van der Waals surface area contributed by atoms with Crippen LogP contribution in [0.1, 0.15) is 103 Å². The van der Waals surface area contributed by atoms with Crippen LogP contribution < -0.4 is 11.4 Å². The summed E-state index contributed by atoms with van der Waals surface area (Å²) in [5, 5.41) is 22.3. The van der Waals surface area contributed by atoms with Crippen molar-refractivity contribution in [2.45, 2.75) is 90.3 Å². The number of hydrogen-bond acceptors (Lipinski definition) is 11. The lowest BCUT2D eigenvalue weighted by atomic mass is 9.83. The summed E-state index contributed by atoms with van der Waals surface area (Å²) in [5.74, 6) is -0.523. The van der Waals surface area contributed by atoms with Gasteiger partial charge in [0.2, 0.25) is 0 Å². The molecule has 2 fully saturated rings. The van der Waals surface area contributed by atoms with Gasteiger partial charge in [-0.05, 0) is 125 Å². The van der Waals surface area contributed by atoms with Crippen molar-refractivity contribution in [1.82, 2.24) is 38.5 Å². The molecular weight excluding hydrogens is 896 g/mol. The van der Waals surface area contributed by atoms with Gasteiger partial charge in [0.05, 0.1) is 33.6 Å². The molecule has 3 aromatic carbocycles. The number of fused-ring (bicyclic) bond motifs is 2. The Hall–Kier alpha value is -6.93. The zero-order valence-corrected chi connectivity index (χ0v) is 39.7. The predicted molar refractivity (Wildman–Crippen MR) is 252 cm³/mol. The molecule has 1 saturated heterocycles. The number of nitrogens with zero attached hydrogens (tertiary/aromatic N) is 9. The highest BCUT2D eigenvalue weighted by Crippen LogP contribution is 2.56. The number of carbonyl (C=O) groups is 1. The Morgan fingerprint density at radius 2 is 1.72 bits per heavy atom. The number of nitro groups is 1. The monoisotopic (exact) mass is 946 g/mol. The molecule has 1 N–H and O–H groups in total. The van der Waals surface area contributed by atoms with E-state index >= 15 is 9.18 Å². The van der Waals surface area contributed by atoms with Gasteiger partial charge in [-0.2, -0.15) is 9.46 Å². The van der Waals surface area contributed by atoms with E-state index in [2.05, 4.69) is 40.5 Å². The number of benzene rings is 3. The smallest absolute Gasteiger partial charge is 0.376 e. The minimum absolute atomic E-state index is 0.0261. The summed E-state index contributed by atoms with van der Waals surface area (Å²) in [6.07, 6.45) is 8.32. The van der Waals surface area contributed by atoms with Gasteiger partial charge in [-0.15, -0.1) is 0 Å². The molecule has 4 atom stereocenters. The van der Waals surface area contributed by atoms with E-state index in [0.717, 1.165) is 29.3 Å². The number of H-pyrrole nitrogens is 1. The standard InChI is InChI=1S/C48H51FN10O8S/c1-26-19-34(20-27(2)41(26)49)58-42(56-17-16-55(46(56)62)33-10-11-35(53-68(7,8)65)38(23-33)59(63)64)40-29(4)54(15-13-36(40)51-58)43(60)39-22-32-21-30(31-14-18-66-47(5,6)25-31)9-12-37(32)57(39)48(24-28(48)3)44-50-45(61)67-52-44/h9-12,16-17,19-23,28-29,31H,13-15,18,24-25H2,1-8H3,(H,50,52,61)/t28-,29-,31-,48-/m0/s1. The molecule has 4 aromatic heterocycles. The number of halogens is 1. The highest BCUT2D eigenvalue weighted by atomic mass is 32.2. The number of carbonyl (C=O) groups excluding carboxylic acids is 1. The third-order valence-electron chi connectivity index (χ3n) is 13.9. The SMILES string of the molecule is Cc1cc(-n2nc3c(c2-n2ccn(-c4ccc(N=S(C)(C)=O)c([N+](=O)[O-])c4)c2=O)[C@H](C)N(C(=O)c2cc4cc([C@H]5CCOC(C)(C)C5)ccc4n2[C@@]2(c4noc(=O)[nH]4)C[C@@H]2C)CC3)cc(C)c1F. The van der Waals surface area contributed by atoms with Gasteiger partial charge in [-0.25, -0.2) is 22.9 Å².